The molecule has 2 aromatic carbocycles. The van der Waals surface area contributed by atoms with Crippen LogP contribution in [0.15, 0.2) is 42.5 Å². The van der Waals surface area contributed by atoms with Gasteiger partial charge in [0.25, 0.3) is 0 Å². The van der Waals surface area contributed by atoms with Crippen molar-refractivity contribution >= 4 is 81.5 Å². The monoisotopic (exact) mass is 537 g/mol. The second-order valence-corrected chi connectivity index (χ2v) is 8.94. The quantitative estimate of drug-likeness (QED) is 0.287. The number of benzene rings is 2. The van der Waals surface area contributed by atoms with Gasteiger partial charge in [-0.25, -0.2) is 9.59 Å². The lowest BCUT2D eigenvalue weighted by Gasteiger charge is -2.25. The minimum Gasteiger partial charge on any atom is -0.421 e. The van der Waals surface area contributed by atoms with Gasteiger partial charge in [-0.15, -0.1) is 0 Å². The number of anilines is 2. The van der Waals surface area contributed by atoms with Gasteiger partial charge in [-0.2, -0.15) is 13.2 Å². The van der Waals surface area contributed by atoms with Gasteiger partial charge in [-0.05, 0) is 36.4 Å². The third-order valence-corrected chi connectivity index (χ3v) is 4.73. The first-order valence-electron chi connectivity index (χ1n) is 8.00. The Morgan fingerprint density at radius 3 is 2.13 bits per heavy atom. The van der Waals surface area contributed by atoms with E-state index in [2.05, 4.69) is 10.6 Å². The van der Waals surface area contributed by atoms with Gasteiger partial charge in [-0.1, -0.05) is 64.1 Å². The Morgan fingerprint density at radius 1 is 0.903 bits per heavy atom. The first-order valence-corrected chi connectivity index (χ1v) is 9.89. The Morgan fingerprint density at radius 2 is 1.55 bits per heavy atom. The number of rotatable bonds is 4. The van der Waals surface area contributed by atoms with E-state index in [1.807, 2.05) is 5.32 Å². The van der Waals surface area contributed by atoms with Crippen molar-refractivity contribution < 1.29 is 27.5 Å². The van der Waals surface area contributed by atoms with E-state index < -0.39 is 33.9 Å². The molecule has 2 aromatic rings. The van der Waals surface area contributed by atoms with E-state index in [9.17, 15) is 22.8 Å². The molecule has 0 aliphatic heterocycles. The van der Waals surface area contributed by atoms with Crippen LogP contribution in [0.25, 0.3) is 0 Å². The first kappa shape index (κ1) is 25.5. The van der Waals surface area contributed by atoms with E-state index >= 15 is 0 Å². The standard InChI is InChI=1S/C17H11Cl5F3N3O3/c18-11-5-4-10(7-12(11)19)27-15(30)31-13(16(20,21)22)28-14(29)26-9-3-1-2-8(6-9)17(23,24)25/h1-7,13H,(H,27,30)(H2,26,28,29)/t13-/m1/s1. The van der Waals surface area contributed by atoms with Crippen LogP contribution in [0.5, 0.6) is 0 Å². The van der Waals surface area contributed by atoms with Crippen LogP contribution >= 0.6 is 58.0 Å². The molecule has 0 bridgehead atoms. The fourth-order valence-corrected chi connectivity index (χ4v) is 2.66. The molecule has 14 heteroatoms. The van der Waals surface area contributed by atoms with Crippen molar-refractivity contribution in [2.24, 2.45) is 0 Å². The van der Waals surface area contributed by atoms with Gasteiger partial charge in [-0.3, -0.25) is 10.6 Å². The molecule has 168 valence electrons. The van der Waals surface area contributed by atoms with Crippen LogP contribution in [0.2, 0.25) is 10.0 Å². The lowest BCUT2D eigenvalue weighted by Crippen LogP contribution is -2.49. The normalized spacial score (nSPS) is 12.6. The second-order valence-electron chi connectivity index (χ2n) is 5.76. The smallest absolute Gasteiger partial charge is 0.416 e. The highest BCUT2D eigenvalue weighted by atomic mass is 35.6. The fourth-order valence-electron chi connectivity index (χ4n) is 2.07. The van der Waals surface area contributed by atoms with E-state index in [4.69, 9.17) is 62.7 Å². The van der Waals surface area contributed by atoms with Crippen LogP contribution < -0.4 is 16.0 Å². The highest BCUT2D eigenvalue weighted by Gasteiger charge is 2.38. The SMILES string of the molecule is O=C(Nc1cccc(C(F)(F)F)c1)N[C@H](OC(=O)Nc1ccc(Cl)c(Cl)c1)C(Cl)(Cl)Cl. The molecule has 0 spiro atoms. The summed E-state index contributed by atoms with van der Waals surface area (Å²) < 4.78 is 40.9. The summed E-state index contributed by atoms with van der Waals surface area (Å²) in [6.07, 6.45) is -7.56. The molecule has 0 fully saturated rings. The minimum atomic E-state index is -4.61. The van der Waals surface area contributed by atoms with Crippen molar-refractivity contribution in [2.75, 3.05) is 10.6 Å². The van der Waals surface area contributed by atoms with Crippen LogP contribution in [0.1, 0.15) is 5.56 Å². The number of nitrogens with one attached hydrogen (secondary N) is 3. The zero-order valence-corrected chi connectivity index (χ0v) is 18.6. The number of carbonyl (C=O) groups is 2. The number of urea groups is 1. The zero-order chi connectivity index (χ0) is 23.4. The number of halogens is 8. The Labute approximate surface area is 198 Å². The van der Waals surface area contributed by atoms with E-state index in [1.54, 1.807) is 0 Å². The van der Waals surface area contributed by atoms with Crippen molar-refractivity contribution in [3.63, 3.8) is 0 Å². The van der Waals surface area contributed by atoms with Gasteiger partial charge in [0.2, 0.25) is 10.0 Å². The van der Waals surface area contributed by atoms with Crippen LogP contribution in [0.4, 0.5) is 34.1 Å². The number of ether oxygens (including phenoxy) is 1. The maximum atomic E-state index is 12.8. The van der Waals surface area contributed by atoms with Crippen LogP contribution in [-0.2, 0) is 10.9 Å². The molecule has 2 rings (SSSR count). The average molecular weight is 540 g/mol. The molecule has 3 N–H and O–H groups in total. The summed E-state index contributed by atoms with van der Waals surface area (Å²) in [6.45, 7) is 0. The van der Waals surface area contributed by atoms with Gasteiger partial charge in [0.05, 0.1) is 15.6 Å². The molecule has 0 saturated heterocycles. The lowest BCUT2D eigenvalue weighted by molar-refractivity contribution is -0.137. The predicted molar refractivity (Wildman–Crippen MR) is 114 cm³/mol. The zero-order valence-electron chi connectivity index (χ0n) is 14.9. The molecule has 31 heavy (non-hydrogen) atoms. The Bertz CT molecular complexity index is 970. The molecule has 0 saturated carbocycles. The summed E-state index contributed by atoms with van der Waals surface area (Å²) in [5.74, 6) is 0. The summed E-state index contributed by atoms with van der Waals surface area (Å²) in [5, 5.41) is 6.84. The number of alkyl halides is 6. The average Bonchev–Trinajstić information content (AvgIpc) is 2.63. The molecular formula is C17H11Cl5F3N3O3. The van der Waals surface area contributed by atoms with E-state index in [1.165, 1.54) is 24.3 Å². The highest BCUT2D eigenvalue weighted by Crippen LogP contribution is 2.32. The molecule has 6 nitrogen and oxygen atoms in total. The van der Waals surface area contributed by atoms with Gasteiger partial charge in [0, 0.05) is 11.4 Å². The fraction of sp³-hybridized carbons (Fsp3) is 0.176. The molecule has 0 aliphatic rings. The summed E-state index contributed by atoms with van der Waals surface area (Å²) >= 11 is 28.8. The van der Waals surface area contributed by atoms with Gasteiger partial charge in [0.1, 0.15) is 0 Å². The second kappa shape index (κ2) is 10.2. The number of carbonyl (C=O) groups excluding carboxylic acids is 2. The first-order chi connectivity index (χ1) is 14.3. The molecule has 0 heterocycles. The van der Waals surface area contributed by atoms with Gasteiger partial charge < -0.3 is 10.1 Å². The van der Waals surface area contributed by atoms with E-state index in [0.717, 1.165) is 12.1 Å². The number of hydrogen-bond acceptors (Lipinski definition) is 3. The molecule has 0 aromatic heterocycles. The van der Waals surface area contributed by atoms with Crippen molar-refractivity contribution in [3.05, 3.63) is 58.1 Å². The Balaban J connectivity index is 2.05. The third-order valence-electron chi connectivity index (χ3n) is 3.40. The molecule has 3 amide bonds. The van der Waals surface area contributed by atoms with Crippen molar-refractivity contribution in [3.8, 4) is 0 Å². The van der Waals surface area contributed by atoms with Gasteiger partial charge in [0.15, 0.2) is 0 Å². The topological polar surface area (TPSA) is 79.5 Å². The third kappa shape index (κ3) is 8.01. The largest absolute Gasteiger partial charge is 0.421 e. The van der Waals surface area contributed by atoms with Crippen molar-refractivity contribution in [1.29, 1.82) is 0 Å². The van der Waals surface area contributed by atoms with Crippen LogP contribution in [0, 0.1) is 0 Å². The number of amides is 3. The van der Waals surface area contributed by atoms with Crippen molar-refractivity contribution in [1.82, 2.24) is 5.32 Å². The summed E-state index contributed by atoms with van der Waals surface area (Å²) in [7, 11) is 0. The maximum Gasteiger partial charge on any atom is 0.416 e. The maximum absolute atomic E-state index is 12.8. The molecule has 0 radical (unpaired) electrons. The minimum absolute atomic E-state index is 0.149. The Hall–Kier alpha value is -1.78. The van der Waals surface area contributed by atoms with Crippen molar-refractivity contribution in [2.45, 2.75) is 16.2 Å². The highest BCUT2D eigenvalue weighted by molar-refractivity contribution is 6.68. The summed E-state index contributed by atoms with van der Waals surface area (Å²) in [4.78, 5) is 24.2. The number of hydrogen-bond donors (Lipinski definition) is 3. The Kier molecular flexibility index (Phi) is 8.40. The molecular weight excluding hydrogens is 528 g/mol. The van der Waals surface area contributed by atoms with Gasteiger partial charge >= 0.3 is 18.3 Å². The molecule has 0 aliphatic carbocycles. The van der Waals surface area contributed by atoms with Crippen LogP contribution in [0.3, 0.4) is 0 Å². The van der Waals surface area contributed by atoms with Crippen LogP contribution in [-0.4, -0.2) is 22.1 Å². The summed E-state index contributed by atoms with van der Waals surface area (Å²) in [5.41, 5.74) is -0.994. The lowest BCUT2D eigenvalue weighted by atomic mass is 10.2. The molecule has 0 unspecified atom stereocenters. The molecule has 1 atom stereocenters. The summed E-state index contributed by atoms with van der Waals surface area (Å²) in [6, 6.07) is 6.86. The predicted octanol–water partition coefficient (Wildman–Crippen LogP) is 7.08. The van der Waals surface area contributed by atoms with E-state index in [0.29, 0.717) is 6.07 Å². The van der Waals surface area contributed by atoms with E-state index in [-0.39, 0.29) is 21.4 Å².